The molecule has 1 saturated heterocycles. The van der Waals surface area contributed by atoms with E-state index in [1.807, 2.05) is 43.3 Å². The van der Waals surface area contributed by atoms with Crippen LogP contribution in [-0.4, -0.2) is 32.4 Å². The molecule has 3 aromatic carbocycles. The fraction of sp³-hybridized carbons (Fsp3) is 0.0769. The summed E-state index contributed by atoms with van der Waals surface area (Å²) >= 11 is 6.39. The second kappa shape index (κ2) is 10.1. The number of carboxylic acid groups (broad SMARTS) is 2. The molecule has 9 heteroatoms. The van der Waals surface area contributed by atoms with Crippen LogP contribution in [0.1, 0.15) is 37.4 Å². The lowest BCUT2D eigenvalue weighted by Crippen LogP contribution is -2.28. The van der Waals surface area contributed by atoms with Crippen LogP contribution in [-0.2, 0) is 11.4 Å². The van der Waals surface area contributed by atoms with E-state index in [1.165, 1.54) is 17.7 Å². The molecule has 2 N–H and O–H groups in total. The number of carbonyl (C=O) groups is 3. The van der Waals surface area contributed by atoms with Gasteiger partial charge >= 0.3 is 11.9 Å². The highest BCUT2D eigenvalue weighted by atomic mass is 32.2. The van der Waals surface area contributed by atoms with Crippen molar-refractivity contribution in [1.82, 2.24) is 0 Å². The Hall–Kier alpha value is -3.95. The number of nitrogens with zero attached hydrogens (tertiary/aromatic N) is 1. The van der Waals surface area contributed by atoms with Crippen LogP contribution in [0.4, 0.5) is 5.69 Å². The van der Waals surface area contributed by atoms with Crippen LogP contribution in [0.15, 0.2) is 71.6 Å². The molecule has 1 aliphatic heterocycles. The van der Waals surface area contributed by atoms with Gasteiger partial charge in [0.25, 0.3) is 5.91 Å². The molecule has 0 bridgehead atoms. The number of ether oxygens (including phenoxy) is 1. The molecule has 1 amide bonds. The van der Waals surface area contributed by atoms with Crippen LogP contribution in [0.5, 0.6) is 5.75 Å². The summed E-state index contributed by atoms with van der Waals surface area (Å²) < 4.78 is 5.99. The average molecular weight is 506 g/mol. The molecule has 1 fully saturated rings. The number of carboxylic acids is 2. The first-order chi connectivity index (χ1) is 16.7. The van der Waals surface area contributed by atoms with Crippen molar-refractivity contribution in [2.45, 2.75) is 13.5 Å². The molecule has 0 spiro atoms. The van der Waals surface area contributed by atoms with Crippen molar-refractivity contribution in [3.05, 3.63) is 99.5 Å². The summed E-state index contributed by atoms with van der Waals surface area (Å²) in [6.07, 6.45) is 1.67. The fourth-order valence-corrected chi connectivity index (χ4v) is 4.64. The number of aryl methyl sites for hydroxylation is 1. The number of thioether (sulfide) groups is 1. The lowest BCUT2D eigenvalue weighted by molar-refractivity contribution is -0.113. The molecular formula is C26H19NO6S2. The van der Waals surface area contributed by atoms with Gasteiger partial charge in [-0.25, -0.2) is 9.59 Å². The van der Waals surface area contributed by atoms with Crippen LogP contribution < -0.4 is 9.64 Å². The Morgan fingerprint density at radius 1 is 0.971 bits per heavy atom. The van der Waals surface area contributed by atoms with Gasteiger partial charge in [0.15, 0.2) is 4.32 Å². The maximum absolute atomic E-state index is 13.1. The first-order valence-corrected chi connectivity index (χ1v) is 11.6. The zero-order valence-corrected chi connectivity index (χ0v) is 20.1. The van der Waals surface area contributed by atoms with Gasteiger partial charge in [-0.05, 0) is 54.5 Å². The van der Waals surface area contributed by atoms with Gasteiger partial charge in [-0.3, -0.25) is 9.69 Å². The molecule has 0 aromatic heterocycles. The Kier molecular flexibility index (Phi) is 6.99. The summed E-state index contributed by atoms with van der Waals surface area (Å²) in [6, 6.07) is 18.8. The number of thiocarbonyl (C=S) groups is 1. The predicted molar refractivity (Wildman–Crippen MR) is 138 cm³/mol. The third-order valence-electron chi connectivity index (χ3n) is 5.17. The number of amides is 1. The first-order valence-electron chi connectivity index (χ1n) is 10.4. The van der Waals surface area contributed by atoms with Crippen LogP contribution in [0.25, 0.3) is 6.08 Å². The van der Waals surface area contributed by atoms with Crippen molar-refractivity contribution < 1.29 is 29.3 Å². The predicted octanol–water partition coefficient (Wildman–Crippen LogP) is 5.38. The summed E-state index contributed by atoms with van der Waals surface area (Å²) in [7, 11) is 0. The summed E-state index contributed by atoms with van der Waals surface area (Å²) in [5.41, 5.74) is 2.58. The molecular weight excluding hydrogens is 486 g/mol. The molecule has 1 heterocycles. The van der Waals surface area contributed by atoms with Crippen LogP contribution in [0, 0.1) is 6.92 Å². The van der Waals surface area contributed by atoms with Crippen LogP contribution in [0.2, 0.25) is 0 Å². The van der Waals surface area contributed by atoms with Crippen molar-refractivity contribution in [1.29, 1.82) is 0 Å². The number of carbonyl (C=O) groups excluding carboxylic acids is 1. The van der Waals surface area contributed by atoms with E-state index in [2.05, 4.69) is 0 Å². The Morgan fingerprint density at radius 2 is 1.57 bits per heavy atom. The summed E-state index contributed by atoms with van der Waals surface area (Å²) in [6.45, 7) is 2.46. The molecule has 7 nitrogen and oxygen atoms in total. The van der Waals surface area contributed by atoms with E-state index in [1.54, 1.807) is 18.2 Å². The monoisotopic (exact) mass is 505 g/mol. The van der Waals surface area contributed by atoms with Gasteiger partial charge < -0.3 is 14.9 Å². The molecule has 1 aliphatic rings. The summed E-state index contributed by atoms with van der Waals surface area (Å²) in [5, 5.41) is 18.6. The van der Waals surface area contributed by atoms with E-state index < -0.39 is 17.8 Å². The number of aromatic carboxylic acids is 2. The van der Waals surface area contributed by atoms with Crippen molar-refractivity contribution in [2.24, 2.45) is 0 Å². The largest absolute Gasteiger partial charge is 0.489 e. The van der Waals surface area contributed by atoms with Gasteiger partial charge in [-0.2, -0.15) is 0 Å². The van der Waals surface area contributed by atoms with Crippen LogP contribution >= 0.6 is 24.0 Å². The zero-order chi connectivity index (χ0) is 25.1. The minimum absolute atomic E-state index is 0.0908. The van der Waals surface area contributed by atoms with E-state index in [4.69, 9.17) is 17.0 Å². The molecule has 0 radical (unpaired) electrons. The maximum Gasteiger partial charge on any atom is 0.335 e. The highest BCUT2D eigenvalue weighted by molar-refractivity contribution is 8.27. The van der Waals surface area contributed by atoms with Gasteiger partial charge in [0.1, 0.15) is 12.4 Å². The number of benzene rings is 3. The number of hydrogen-bond donors (Lipinski definition) is 2. The second-order valence-electron chi connectivity index (χ2n) is 7.74. The van der Waals surface area contributed by atoms with E-state index in [9.17, 15) is 24.6 Å². The molecule has 4 rings (SSSR count). The molecule has 0 aliphatic carbocycles. The van der Waals surface area contributed by atoms with E-state index in [0.29, 0.717) is 17.3 Å². The Bertz CT molecular complexity index is 1330. The van der Waals surface area contributed by atoms with E-state index in [0.717, 1.165) is 33.9 Å². The van der Waals surface area contributed by atoms with Gasteiger partial charge in [-0.1, -0.05) is 65.9 Å². The third-order valence-corrected chi connectivity index (χ3v) is 6.47. The molecule has 0 saturated carbocycles. The number of rotatable bonds is 7. The molecule has 0 atom stereocenters. The van der Waals surface area contributed by atoms with Crippen molar-refractivity contribution in [3.63, 3.8) is 0 Å². The van der Waals surface area contributed by atoms with E-state index in [-0.39, 0.29) is 21.1 Å². The Morgan fingerprint density at radius 3 is 2.14 bits per heavy atom. The maximum atomic E-state index is 13.1. The van der Waals surface area contributed by atoms with Crippen molar-refractivity contribution in [3.8, 4) is 5.75 Å². The molecule has 0 unspecified atom stereocenters. The molecule has 3 aromatic rings. The Balaban J connectivity index is 1.51. The zero-order valence-electron chi connectivity index (χ0n) is 18.4. The molecule has 35 heavy (non-hydrogen) atoms. The lowest BCUT2D eigenvalue weighted by Gasteiger charge is -2.16. The van der Waals surface area contributed by atoms with E-state index >= 15 is 0 Å². The highest BCUT2D eigenvalue weighted by Crippen LogP contribution is 2.37. The summed E-state index contributed by atoms with van der Waals surface area (Å²) in [4.78, 5) is 37.4. The normalized spacial score (nSPS) is 14.4. The average Bonchev–Trinajstić information content (AvgIpc) is 3.11. The third kappa shape index (κ3) is 5.59. The minimum atomic E-state index is -1.31. The quantitative estimate of drug-likeness (QED) is 0.326. The standard InChI is InChI=1S/C26H19NO6S2/c1-15-2-4-17(5-3-15)14-33-21-8-6-16(7-9-21)10-22-23(28)27(26(34)35-22)20-12-18(24(29)30)11-19(13-20)25(31)32/h2-13H,14H2,1H3,(H,29,30)(H,31,32)/b22-10-. The number of hydrogen-bond acceptors (Lipinski definition) is 6. The highest BCUT2D eigenvalue weighted by Gasteiger charge is 2.34. The smallest absolute Gasteiger partial charge is 0.335 e. The second-order valence-corrected chi connectivity index (χ2v) is 9.42. The number of anilines is 1. The van der Waals surface area contributed by atoms with Gasteiger partial charge in [0, 0.05) is 0 Å². The fourth-order valence-electron chi connectivity index (χ4n) is 3.34. The van der Waals surface area contributed by atoms with Gasteiger partial charge in [0.05, 0.1) is 21.7 Å². The lowest BCUT2D eigenvalue weighted by atomic mass is 10.1. The first kappa shape index (κ1) is 24.2. The van der Waals surface area contributed by atoms with Gasteiger partial charge in [0.2, 0.25) is 0 Å². The Labute approximate surface area is 210 Å². The van der Waals surface area contributed by atoms with Crippen molar-refractivity contribution in [2.75, 3.05) is 4.90 Å². The summed E-state index contributed by atoms with van der Waals surface area (Å²) in [5.74, 6) is -2.39. The molecule has 176 valence electrons. The minimum Gasteiger partial charge on any atom is -0.489 e. The van der Waals surface area contributed by atoms with Crippen LogP contribution in [0.3, 0.4) is 0 Å². The SMILES string of the molecule is Cc1ccc(COc2ccc(/C=C3\SC(=S)N(c4cc(C(=O)O)cc(C(=O)O)c4)C3=O)cc2)cc1. The van der Waals surface area contributed by atoms with Gasteiger partial charge in [-0.15, -0.1) is 0 Å². The van der Waals surface area contributed by atoms with Crippen molar-refractivity contribution >= 4 is 57.9 Å². The topological polar surface area (TPSA) is 104 Å².